The number of nitrogens with zero attached hydrogens (tertiary/aromatic N) is 1. The van der Waals surface area contributed by atoms with Gasteiger partial charge in [0.15, 0.2) is 29.1 Å². The molecule has 144 valence electrons. The van der Waals surface area contributed by atoms with E-state index in [-0.39, 0.29) is 17.9 Å². The summed E-state index contributed by atoms with van der Waals surface area (Å²) in [6, 6.07) is 6.74. The van der Waals surface area contributed by atoms with Gasteiger partial charge >= 0.3 is 0 Å². The first kappa shape index (κ1) is 18.6. The minimum Gasteiger partial charge on any atom is -0.292 e. The predicted molar refractivity (Wildman–Crippen MR) is 98.3 cm³/mol. The summed E-state index contributed by atoms with van der Waals surface area (Å²) in [6.45, 7) is 0. The van der Waals surface area contributed by atoms with Crippen molar-refractivity contribution >= 4 is 17.9 Å². The van der Waals surface area contributed by atoms with Crippen molar-refractivity contribution in [1.29, 1.82) is 0 Å². The van der Waals surface area contributed by atoms with E-state index in [1.54, 1.807) is 12.2 Å². The van der Waals surface area contributed by atoms with E-state index < -0.39 is 23.3 Å². The molecule has 0 radical (unpaired) electrons. The molecule has 0 saturated carbocycles. The molecule has 2 aromatic rings. The number of Topliss-reactive ketones (excluding diaryl/α,β-unsaturated/α-hetero) is 1. The number of fused-ring (bicyclic) bond motifs is 2. The van der Waals surface area contributed by atoms with Gasteiger partial charge in [-0.15, -0.1) is 0 Å². The van der Waals surface area contributed by atoms with Gasteiger partial charge < -0.3 is 0 Å². The predicted octanol–water partition coefficient (Wildman–Crippen LogP) is 4.76. The lowest BCUT2D eigenvalue weighted by molar-refractivity contribution is -0.114. The number of hydrogen-bond acceptors (Lipinski definition) is 2. The van der Waals surface area contributed by atoms with Gasteiger partial charge in [0.05, 0.1) is 0 Å². The van der Waals surface area contributed by atoms with Crippen LogP contribution in [0.25, 0.3) is 12.2 Å². The number of likely N-dealkylation sites (N-methyl/N-ethyl adjacent to an activating group) is 1. The normalized spacial score (nSPS) is 25.1. The van der Waals surface area contributed by atoms with Gasteiger partial charge in [-0.25, -0.2) is 17.6 Å². The van der Waals surface area contributed by atoms with Crippen molar-refractivity contribution in [3.8, 4) is 0 Å². The van der Waals surface area contributed by atoms with Crippen LogP contribution in [-0.4, -0.2) is 29.8 Å². The van der Waals surface area contributed by atoms with Crippen LogP contribution in [-0.2, 0) is 4.79 Å². The number of benzene rings is 2. The molecule has 2 atom stereocenters. The molecule has 0 aliphatic carbocycles. The quantitative estimate of drug-likeness (QED) is 0.547. The molecule has 0 amide bonds. The number of halogens is 4. The number of hydrogen-bond donors (Lipinski definition) is 0. The Balaban J connectivity index is 1.77. The molecule has 2 aromatic carbocycles. The summed E-state index contributed by atoms with van der Waals surface area (Å²) in [7, 11) is 1.90. The van der Waals surface area contributed by atoms with Gasteiger partial charge in [-0.3, -0.25) is 9.69 Å². The maximum atomic E-state index is 13.6. The van der Waals surface area contributed by atoms with Crippen LogP contribution in [0.2, 0.25) is 0 Å². The van der Waals surface area contributed by atoms with E-state index in [9.17, 15) is 22.4 Å². The van der Waals surface area contributed by atoms with Crippen molar-refractivity contribution in [3.63, 3.8) is 0 Å². The van der Waals surface area contributed by atoms with Gasteiger partial charge in [-0.1, -0.05) is 12.1 Å². The topological polar surface area (TPSA) is 20.3 Å². The second-order valence-electron chi connectivity index (χ2n) is 7.15. The highest BCUT2D eigenvalue weighted by atomic mass is 19.2. The summed E-state index contributed by atoms with van der Waals surface area (Å²) in [5, 5.41) is 0. The van der Waals surface area contributed by atoms with Gasteiger partial charge in [0, 0.05) is 23.2 Å². The van der Waals surface area contributed by atoms with Gasteiger partial charge in [-0.2, -0.15) is 0 Å². The van der Waals surface area contributed by atoms with E-state index in [4.69, 9.17) is 0 Å². The fraction of sp³-hybridized carbons (Fsp3) is 0.227. The average Bonchev–Trinajstić information content (AvgIpc) is 2.97. The molecule has 6 heteroatoms. The van der Waals surface area contributed by atoms with Gasteiger partial charge in [0.2, 0.25) is 0 Å². The lowest BCUT2D eigenvalue weighted by Gasteiger charge is -2.34. The smallest absolute Gasteiger partial charge is 0.188 e. The van der Waals surface area contributed by atoms with Crippen LogP contribution in [0.3, 0.4) is 0 Å². The Morgan fingerprint density at radius 1 is 0.786 bits per heavy atom. The Hall–Kier alpha value is -2.73. The van der Waals surface area contributed by atoms with Gasteiger partial charge in [-0.05, 0) is 67.4 Å². The molecule has 2 aliphatic heterocycles. The summed E-state index contributed by atoms with van der Waals surface area (Å²) in [4.78, 5) is 15.2. The second kappa shape index (κ2) is 7.02. The van der Waals surface area contributed by atoms with Crippen LogP contribution in [0, 0.1) is 23.3 Å². The van der Waals surface area contributed by atoms with Crippen molar-refractivity contribution in [2.75, 3.05) is 7.05 Å². The summed E-state index contributed by atoms with van der Waals surface area (Å²) in [6.07, 6.45) is 4.65. The summed E-state index contributed by atoms with van der Waals surface area (Å²) in [5.74, 6) is -4.07. The molecule has 2 aliphatic rings. The molecular formula is C22H17F4NO. The van der Waals surface area contributed by atoms with Crippen molar-refractivity contribution in [2.24, 2.45) is 0 Å². The number of carbonyl (C=O) groups is 1. The van der Waals surface area contributed by atoms with Crippen molar-refractivity contribution in [3.05, 3.63) is 81.9 Å². The minimum atomic E-state index is -0.979. The third-order valence-corrected chi connectivity index (χ3v) is 5.47. The summed E-state index contributed by atoms with van der Waals surface area (Å²) >= 11 is 0. The van der Waals surface area contributed by atoms with Crippen LogP contribution >= 0.6 is 0 Å². The van der Waals surface area contributed by atoms with E-state index >= 15 is 0 Å². The van der Waals surface area contributed by atoms with E-state index in [1.807, 2.05) is 7.05 Å². The Labute approximate surface area is 159 Å². The molecule has 0 aromatic heterocycles. The monoisotopic (exact) mass is 387 g/mol. The van der Waals surface area contributed by atoms with Crippen LogP contribution in [0.1, 0.15) is 24.0 Å². The molecule has 2 nitrogen and oxygen atoms in total. The summed E-state index contributed by atoms with van der Waals surface area (Å²) in [5.41, 5.74) is 1.76. The first-order valence-corrected chi connectivity index (χ1v) is 8.95. The molecule has 28 heavy (non-hydrogen) atoms. The fourth-order valence-corrected chi connectivity index (χ4v) is 4.05. The highest BCUT2D eigenvalue weighted by molar-refractivity contribution is 6.16. The molecule has 0 N–H and O–H groups in total. The first-order chi connectivity index (χ1) is 13.3. The second-order valence-corrected chi connectivity index (χ2v) is 7.15. The molecular weight excluding hydrogens is 370 g/mol. The van der Waals surface area contributed by atoms with E-state index in [2.05, 4.69) is 4.90 Å². The van der Waals surface area contributed by atoms with Crippen molar-refractivity contribution in [2.45, 2.75) is 24.9 Å². The third-order valence-electron chi connectivity index (χ3n) is 5.47. The Morgan fingerprint density at radius 2 is 1.21 bits per heavy atom. The number of carbonyl (C=O) groups excluding carboxylic acids is 1. The lowest BCUT2D eigenvalue weighted by Crippen LogP contribution is -2.43. The first-order valence-electron chi connectivity index (χ1n) is 8.95. The minimum absolute atomic E-state index is 0.118. The molecule has 4 rings (SSSR count). The van der Waals surface area contributed by atoms with E-state index in [0.29, 0.717) is 22.3 Å². The zero-order valence-corrected chi connectivity index (χ0v) is 15.1. The van der Waals surface area contributed by atoms with Crippen LogP contribution in [0.5, 0.6) is 0 Å². The molecule has 0 spiro atoms. The van der Waals surface area contributed by atoms with E-state index in [0.717, 1.165) is 37.1 Å². The van der Waals surface area contributed by atoms with Crippen LogP contribution < -0.4 is 0 Å². The fourth-order valence-electron chi connectivity index (χ4n) is 4.05. The maximum absolute atomic E-state index is 13.6. The van der Waals surface area contributed by atoms with Crippen LogP contribution in [0.4, 0.5) is 17.6 Å². The largest absolute Gasteiger partial charge is 0.292 e. The highest BCUT2D eigenvalue weighted by Crippen LogP contribution is 2.40. The lowest BCUT2D eigenvalue weighted by atomic mass is 9.88. The molecule has 2 saturated heterocycles. The zero-order valence-electron chi connectivity index (χ0n) is 15.1. The number of rotatable bonds is 2. The maximum Gasteiger partial charge on any atom is 0.188 e. The summed E-state index contributed by atoms with van der Waals surface area (Å²) < 4.78 is 53.5. The molecule has 2 bridgehead atoms. The third kappa shape index (κ3) is 3.18. The van der Waals surface area contributed by atoms with Gasteiger partial charge in [0.1, 0.15) is 0 Å². The Bertz CT molecular complexity index is 948. The zero-order chi connectivity index (χ0) is 20.0. The van der Waals surface area contributed by atoms with Crippen molar-refractivity contribution < 1.29 is 22.4 Å². The highest BCUT2D eigenvalue weighted by Gasteiger charge is 2.44. The molecule has 2 unspecified atom stereocenters. The molecule has 2 fully saturated rings. The standard InChI is InChI=1S/C22H17F4NO/c1-27-20-6-7-21(27)15(9-13-3-5-17(24)19(26)11-13)22(28)14(20)8-12-2-4-16(23)18(25)10-12/h2-5,8-11,20-21H,6-7H2,1H3/b14-8+,15-9+. The number of piperidine rings is 1. The van der Waals surface area contributed by atoms with E-state index in [1.165, 1.54) is 12.1 Å². The Morgan fingerprint density at radius 3 is 1.61 bits per heavy atom. The average molecular weight is 387 g/mol. The Kier molecular flexibility index (Phi) is 4.67. The number of ketones is 1. The SMILES string of the molecule is CN1C2CCC1/C(=C\c1ccc(F)c(F)c1)C(=O)/C2=C/c1ccc(F)c(F)c1. The van der Waals surface area contributed by atoms with Crippen LogP contribution in [0.15, 0.2) is 47.5 Å². The van der Waals surface area contributed by atoms with Gasteiger partial charge in [0.25, 0.3) is 0 Å². The molecule has 2 heterocycles. The van der Waals surface area contributed by atoms with Crippen molar-refractivity contribution in [1.82, 2.24) is 4.90 Å².